The molecule has 27 heavy (non-hydrogen) atoms. The van der Waals surface area contributed by atoms with Crippen molar-refractivity contribution in [3.05, 3.63) is 59.4 Å². The Labute approximate surface area is 158 Å². The molecule has 8 heteroatoms. The van der Waals surface area contributed by atoms with Crippen LogP contribution < -0.4 is 5.32 Å². The first-order valence-electron chi connectivity index (χ1n) is 8.43. The highest BCUT2D eigenvalue weighted by molar-refractivity contribution is 7.89. The Kier molecular flexibility index (Phi) is 6.45. The maximum absolute atomic E-state index is 14.2. The largest absolute Gasteiger partial charge is 0.321 e. The van der Waals surface area contributed by atoms with Crippen LogP contribution in [0.4, 0.5) is 10.1 Å². The van der Waals surface area contributed by atoms with Gasteiger partial charge < -0.3 is 5.32 Å². The van der Waals surface area contributed by atoms with E-state index >= 15 is 0 Å². The fraction of sp³-hybridized carbons (Fsp3) is 0.263. The van der Waals surface area contributed by atoms with E-state index in [1.807, 2.05) is 0 Å². The summed E-state index contributed by atoms with van der Waals surface area (Å²) in [6.45, 7) is 5.03. The minimum atomic E-state index is -4.06. The summed E-state index contributed by atoms with van der Waals surface area (Å²) in [5.41, 5.74) is 0.594. The Morgan fingerprint density at radius 1 is 1.07 bits per heavy atom. The number of para-hydroxylation sites is 1. The number of carbonyl (C=O) groups is 2. The van der Waals surface area contributed by atoms with Gasteiger partial charge in [0.25, 0.3) is 5.91 Å². The van der Waals surface area contributed by atoms with Gasteiger partial charge in [-0.3, -0.25) is 9.59 Å². The molecule has 0 radical (unpaired) electrons. The lowest BCUT2D eigenvalue weighted by molar-refractivity contribution is 0.101. The molecule has 2 rings (SSSR count). The molecule has 0 aliphatic carbocycles. The molecule has 0 spiro atoms. The average molecular weight is 392 g/mol. The van der Waals surface area contributed by atoms with Gasteiger partial charge in [0.15, 0.2) is 5.78 Å². The van der Waals surface area contributed by atoms with E-state index in [1.54, 1.807) is 38.1 Å². The quantitative estimate of drug-likeness (QED) is 0.733. The van der Waals surface area contributed by atoms with Crippen LogP contribution in [0.25, 0.3) is 0 Å². The van der Waals surface area contributed by atoms with E-state index in [4.69, 9.17) is 0 Å². The van der Waals surface area contributed by atoms with E-state index in [1.165, 1.54) is 13.0 Å². The molecule has 0 saturated carbocycles. The second kappa shape index (κ2) is 8.41. The number of nitrogens with zero attached hydrogens (tertiary/aromatic N) is 1. The molecule has 0 bridgehead atoms. The van der Waals surface area contributed by atoms with E-state index < -0.39 is 26.6 Å². The molecule has 0 aliphatic heterocycles. The summed E-state index contributed by atoms with van der Waals surface area (Å²) in [5.74, 6) is -1.79. The van der Waals surface area contributed by atoms with Gasteiger partial charge in [0.05, 0.1) is 5.69 Å². The van der Waals surface area contributed by atoms with Crippen molar-refractivity contribution < 1.29 is 22.4 Å². The molecular weight excluding hydrogens is 371 g/mol. The van der Waals surface area contributed by atoms with Crippen LogP contribution in [0.2, 0.25) is 0 Å². The summed E-state index contributed by atoms with van der Waals surface area (Å²) >= 11 is 0. The predicted molar refractivity (Wildman–Crippen MR) is 101 cm³/mol. The van der Waals surface area contributed by atoms with Crippen molar-refractivity contribution in [2.45, 2.75) is 25.7 Å². The molecule has 0 unspecified atom stereocenters. The summed E-state index contributed by atoms with van der Waals surface area (Å²) in [6.07, 6.45) is 0. The van der Waals surface area contributed by atoms with Gasteiger partial charge in [-0.05, 0) is 37.3 Å². The van der Waals surface area contributed by atoms with Crippen LogP contribution in [-0.4, -0.2) is 37.5 Å². The third-order valence-corrected chi connectivity index (χ3v) is 6.14. The monoisotopic (exact) mass is 392 g/mol. The third kappa shape index (κ3) is 4.40. The molecule has 1 amide bonds. The molecule has 2 aromatic rings. The maximum atomic E-state index is 14.2. The van der Waals surface area contributed by atoms with E-state index in [0.717, 1.165) is 16.4 Å². The number of rotatable bonds is 7. The normalized spacial score (nSPS) is 11.4. The summed E-state index contributed by atoms with van der Waals surface area (Å²) in [6, 6.07) is 9.60. The van der Waals surface area contributed by atoms with Gasteiger partial charge in [-0.2, -0.15) is 4.31 Å². The van der Waals surface area contributed by atoms with Crippen molar-refractivity contribution in [1.29, 1.82) is 0 Å². The Balaban J connectivity index is 2.41. The van der Waals surface area contributed by atoms with Crippen LogP contribution in [-0.2, 0) is 10.0 Å². The Bertz CT molecular complexity index is 969. The first kappa shape index (κ1) is 20.7. The fourth-order valence-corrected chi connectivity index (χ4v) is 4.19. The van der Waals surface area contributed by atoms with Crippen molar-refractivity contribution in [2.24, 2.45) is 0 Å². The lowest BCUT2D eigenvalue weighted by Crippen LogP contribution is -2.31. The molecule has 0 saturated heterocycles. The fourth-order valence-electron chi connectivity index (χ4n) is 2.64. The average Bonchev–Trinajstić information content (AvgIpc) is 2.62. The molecule has 0 fully saturated rings. The number of nitrogens with one attached hydrogen (secondary N) is 1. The first-order chi connectivity index (χ1) is 12.7. The van der Waals surface area contributed by atoms with Gasteiger partial charge >= 0.3 is 0 Å². The number of ketones is 1. The molecule has 1 N–H and O–H groups in total. The third-order valence-electron chi connectivity index (χ3n) is 4.07. The van der Waals surface area contributed by atoms with Crippen LogP contribution in [0.3, 0.4) is 0 Å². The highest BCUT2D eigenvalue weighted by Gasteiger charge is 2.26. The molecule has 2 aromatic carbocycles. The standard InChI is InChI=1S/C19H21FN2O4S/c1-4-22(5-2)27(25,26)18-12-14(10-11-16(18)20)19(24)21-17-9-7-6-8-15(17)13(3)23/h6-12H,4-5H2,1-3H3,(H,21,24). The zero-order valence-corrected chi connectivity index (χ0v) is 16.1. The van der Waals surface area contributed by atoms with E-state index in [9.17, 15) is 22.4 Å². The highest BCUT2D eigenvalue weighted by Crippen LogP contribution is 2.22. The number of anilines is 1. The van der Waals surface area contributed by atoms with Crippen LogP contribution in [0.15, 0.2) is 47.4 Å². The highest BCUT2D eigenvalue weighted by atomic mass is 32.2. The van der Waals surface area contributed by atoms with Crippen molar-refractivity contribution in [2.75, 3.05) is 18.4 Å². The van der Waals surface area contributed by atoms with Gasteiger partial charge in [-0.15, -0.1) is 0 Å². The van der Waals surface area contributed by atoms with Gasteiger partial charge in [0.2, 0.25) is 10.0 Å². The summed E-state index contributed by atoms with van der Waals surface area (Å²) < 4.78 is 40.5. The van der Waals surface area contributed by atoms with E-state index in [-0.39, 0.29) is 24.4 Å². The van der Waals surface area contributed by atoms with E-state index in [0.29, 0.717) is 11.3 Å². The minimum absolute atomic E-state index is 0.0273. The smallest absolute Gasteiger partial charge is 0.255 e. The number of benzene rings is 2. The zero-order chi connectivity index (χ0) is 20.2. The Morgan fingerprint density at radius 3 is 2.30 bits per heavy atom. The molecular formula is C19H21FN2O4S. The van der Waals surface area contributed by atoms with Gasteiger partial charge in [0, 0.05) is 24.2 Å². The lowest BCUT2D eigenvalue weighted by Gasteiger charge is -2.19. The number of halogens is 1. The number of hydrogen-bond acceptors (Lipinski definition) is 4. The number of carbonyl (C=O) groups excluding carboxylic acids is 2. The minimum Gasteiger partial charge on any atom is -0.321 e. The molecule has 0 atom stereocenters. The van der Waals surface area contributed by atoms with Crippen LogP contribution in [0.5, 0.6) is 0 Å². The van der Waals surface area contributed by atoms with Crippen molar-refractivity contribution in [3.63, 3.8) is 0 Å². The van der Waals surface area contributed by atoms with Crippen molar-refractivity contribution in [1.82, 2.24) is 4.31 Å². The number of sulfonamides is 1. The van der Waals surface area contributed by atoms with Gasteiger partial charge in [-0.1, -0.05) is 26.0 Å². The predicted octanol–water partition coefficient (Wildman–Crippen LogP) is 3.31. The molecule has 0 aliphatic rings. The molecule has 0 aromatic heterocycles. The molecule has 144 valence electrons. The van der Waals surface area contributed by atoms with Crippen molar-refractivity contribution in [3.8, 4) is 0 Å². The second-order valence-electron chi connectivity index (χ2n) is 5.79. The summed E-state index contributed by atoms with van der Waals surface area (Å²) in [4.78, 5) is 23.6. The second-order valence-corrected chi connectivity index (χ2v) is 7.70. The van der Waals surface area contributed by atoms with E-state index in [2.05, 4.69) is 5.32 Å². The lowest BCUT2D eigenvalue weighted by atomic mass is 10.1. The first-order valence-corrected chi connectivity index (χ1v) is 9.87. The number of hydrogen-bond donors (Lipinski definition) is 1. The van der Waals surface area contributed by atoms with Crippen LogP contribution >= 0.6 is 0 Å². The summed E-state index contributed by atoms with van der Waals surface area (Å²) in [5, 5.41) is 2.57. The van der Waals surface area contributed by atoms with Crippen LogP contribution in [0.1, 0.15) is 41.5 Å². The Hall–Kier alpha value is -2.58. The maximum Gasteiger partial charge on any atom is 0.255 e. The molecule has 0 heterocycles. The number of amides is 1. The van der Waals surface area contributed by atoms with Crippen LogP contribution in [0, 0.1) is 5.82 Å². The van der Waals surface area contributed by atoms with Gasteiger partial charge in [0.1, 0.15) is 10.7 Å². The Morgan fingerprint density at radius 2 is 1.70 bits per heavy atom. The van der Waals surface area contributed by atoms with Crippen molar-refractivity contribution >= 4 is 27.4 Å². The SMILES string of the molecule is CCN(CC)S(=O)(=O)c1cc(C(=O)Nc2ccccc2C(C)=O)ccc1F. The van der Waals surface area contributed by atoms with Gasteiger partial charge in [-0.25, -0.2) is 12.8 Å². The topological polar surface area (TPSA) is 83.6 Å². The molecule has 6 nitrogen and oxygen atoms in total. The zero-order valence-electron chi connectivity index (χ0n) is 15.3. The number of Topliss-reactive ketones (excluding diaryl/α,β-unsaturated/α-hetero) is 1. The summed E-state index contributed by atoms with van der Waals surface area (Å²) in [7, 11) is -4.06.